The summed E-state index contributed by atoms with van der Waals surface area (Å²) >= 11 is 2.13. The Balaban J connectivity index is 2.75. The van der Waals surface area contributed by atoms with E-state index in [9.17, 15) is 4.39 Å². The highest BCUT2D eigenvalue weighted by Gasteiger charge is 1.86. The topological polar surface area (TPSA) is 3.24 Å². The monoisotopic (exact) mass is 221 g/mol. The van der Waals surface area contributed by atoms with Crippen molar-refractivity contribution in [1.82, 2.24) is 4.67 Å². The fourth-order valence-electron chi connectivity index (χ4n) is 0.0226. The van der Waals surface area contributed by atoms with Crippen molar-refractivity contribution in [2.24, 2.45) is 0 Å². The van der Waals surface area contributed by atoms with Gasteiger partial charge in [0.1, 0.15) is 6.80 Å². The van der Waals surface area contributed by atoms with Crippen LogP contribution in [-0.2, 0) is 0 Å². The third-order valence-corrected chi connectivity index (χ3v) is 3.20. The largest absolute Gasteiger partial charge is 0.252 e. The second-order valence-corrected chi connectivity index (χ2v) is 3.28. The SMILES string of the molecule is CN(CF)PI. The van der Waals surface area contributed by atoms with Crippen LogP contribution in [0.2, 0.25) is 0 Å². The van der Waals surface area contributed by atoms with Crippen molar-refractivity contribution in [1.29, 1.82) is 0 Å². The molecule has 0 fully saturated rings. The average molecular weight is 221 g/mol. The molecular weight excluding hydrogens is 215 g/mol. The molecule has 1 atom stereocenters. The summed E-state index contributed by atoms with van der Waals surface area (Å²) in [5, 5.41) is 0. The molecule has 0 bridgehead atoms. The van der Waals surface area contributed by atoms with Gasteiger partial charge in [-0.15, -0.1) is 0 Å². The Bertz CT molecular complexity index is 32.7. The Hall–Kier alpha value is 1.05. The van der Waals surface area contributed by atoms with Crippen molar-refractivity contribution in [3.05, 3.63) is 0 Å². The van der Waals surface area contributed by atoms with E-state index in [0.29, 0.717) is 6.37 Å². The fourth-order valence-corrected chi connectivity index (χ4v) is 0.455. The quantitative estimate of drug-likeness (QED) is 0.390. The minimum absolute atomic E-state index is 0.332. The van der Waals surface area contributed by atoms with Crippen LogP contribution in [0.3, 0.4) is 0 Å². The van der Waals surface area contributed by atoms with Crippen molar-refractivity contribution in [2.45, 2.75) is 0 Å². The van der Waals surface area contributed by atoms with Crippen LogP contribution in [0.25, 0.3) is 0 Å². The first kappa shape index (κ1) is 7.05. The van der Waals surface area contributed by atoms with E-state index in [-0.39, 0.29) is 6.80 Å². The maximum atomic E-state index is 11.3. The van der Waals surface area contributed by atoms with Crippen molar-refractivity contribution in [3.63, 3.8) is 0 Å². The van der Waals surface area contributed by atoms with E-state index in [1.54, 1.807) is 11.7 Å². The van der Waals surface area contributed by atoms with Crippen LogP contribution in [0.15, 0.2) is 0 Å². The molecule has 0 aliphatic rings. The van der Waals surface area contributed by atoms with Crippen molar-refractivity contribution in [3.8, 4) is 0 Å². The molecule has 0 saturated carbocycles. The van der Waals surface area contributed by atoms with E-state index in [4.69, 9.17) is 0 Å². The van der Waals surface area contributed by atoms with Gasteiger partial charge in [-0.2, -0.15) is 0 Å². The Morgan fingerprint density at radius 1 is 2.00 bits per heavy atom. The van der Waals surface area contributed by atoms with Gasteiger partial charge in [0.2, 0.25) is 0 Å². The molecule has 0 N–H and O–H groups in total. The van der Waals surface area contributed by atoms with E-state index in [1.807, 2.05) is 0 Å². The first-order valence-electron chi connectivity index (χ1n) is 1.44. The van der Waals surface area contributed by atoms with Gasteiger partial charge in [-0.05, 0) is 29.1 Å². The highest BCUT2D eigenvalue weighted by atomic mass is 127. The lowest BCUT2D eigenvalue weighted by Crippen LogP contribution is -2.00. The summed E-state index contributed by atoms with van der Waals surface area (Å²) in [6, 6.07) is 0. The first-order valence-corrected chi connectivity index (χ1v) is 5.50. The van der Waals surface area contributed by atoms with Gasteiger partial charge in [-0.3, -0.25) is 4.67 Å². The van der Waals surface area contributed by atoms with E-state index >= 15 is 0 Å². The van der Waals surface area contributed by atoms with Crippen LogP contribution in [0, 0.1) is 0 Å². The number of rotatable bonds is 2. The molecule has 4 heteroatoms. The summed E-state index contributed by atoms with van der Waals surface area (Å²) < 4.78 is 12.9. The Morgan fingerprint density at radius 2 is 2.50 bits per heavy atom. The van der Waals surface area contributed by atoms with Crippen molar-refractivity contribution >= 4 is 28.4 Å². The molecule has 1 unspecified atom stereocenters. The molecule has 0 aliphatic heterocycles. The van der Waals surface area contributed by atoms with Gasteiger partial charge in [-0.1, -0.05) is 0 Å². The smallest absolute Gasteiger partial charge is 0.146 e. The Kier molecular flexibility index (Phi) is 4.95. The molecule has 6 heavy (non-hydrogen) atoms. The number of nitrogens with zero attached hydrogens (tertiary/aromatic N) is 1. The van der Waals surface area contributed by atoms with Gasteiger partial charge in [0.05, 0.1) is 0 Å². The lowest BCUT2D eigenvalue weighted by atomic mass is 11.2. The molecular formula is C2H6FINP. The van der Waals surface area contributed by atoms with Crippen LogP contribution in [0.4, 0.5) is 4.39 Å². The van der Waals surface area contributed by atoms with Gasteiger partial charge >= 0.3 is 0 Å². The molecule has 1 nitrogen and oxygen atoms in total. The average Bonchev–Trinajstić information content (AvgIpc) is 1.65. The summed E-state index contributed by atoms with van der Waals surface area (Å²) in [6.07, 6.45) is 0.560. The molecule has 0 radical (unpaired) electrons. The number of alkyl halides is 1. The zero-order valence-corrected chi connectivity index (χ0v) is 6.57. The van der Waals surface area contributed by atoms with E-state index in [0.717, 1.165) is 0 Å². The van der Waals surface area contributed by atoms with E-state index < -0.39 is 0 Å². The Labute approximate surface area is 51.6 Å². The lowest BCUT2D eigenvalue weighted by molar-refractivity contribution is 0.350. The second-order valence-electron chi connectivity index (χ2n) is 0.902. The molecule has 0 aliphatic carbocycles. The highest BCUT2D eigenvalue weighted by Crippen LogP contribution is 2.23. The number of hydrogen-bond acceptors (Lipinski definition) is 1. The number of hydrogen-bond donors (Lipinski definition) is 0. The molecule has 0 amide bonds. The molecule has 0 aromatic carbocycles. The van der Waals surface area contributed by atoms with Crippen LogP contribution in [0.1, 0.15) is 0 Å². The summed E-state index contributed by atoms with van der Waals surface area (Å²) in [7, 11) is 1.74. The highest BCUT2D eigenvalue weighted by molar-refractivity contribution is 14.2. The summed E-state index contributed by atoms with van der Waals surface area (Å²) in [6.45, 7) is -0.332. The van der Waals surface area contributed by atoms with Crippen molar-refractivity contribution in [2.75, 3.05) is 13.8 Å². The molecule has 38 valence electrons. The predicted molar refractivity (Wildman–Crippen MR) is 36.1 cm³/mol. The van der Waals surface area contributed by atoms with Gasteiger partial charge in [0.25, 0.3) is 0 Å². The molecule has 0 rings (SSSR count). The van der Waals surface area contributed by atoms with Crippen LogP contribution < -0.4 is 0 Å². The Morgan fingerprint density at radius 3 is 2.50 bits per heavy atom. The summed E-state index contributed by atoms with van der Waals surface area (Å²) in [5.41, 5.74) is 0. The van der Waals surface area contributed by atoms with Gasteiger partial charge < -0.3 is 0 Å². The van der Waals surface area contributed by atoms with Crippen LogP contribution >= 0.6 is 28.4 Å². The molecule has 0 saturated heterocycles. The minimum atomic E-state index is -0.332. The third kappa shape index (κ3) is 3.25. The zero-order chi connectivity index (χ0) is 4.99. The van der Waals surface area contributed by atoms with Gasteiger partial charge in [0.15, 0.2) is 0 Å². The fraction of sp³-hybridized carbons (Fsp3) is 1.00. The maximum Gasteiger partial charge on any atom is 0.146 e. The minimum Gasteiger partial charge on any atom is -0.252 e. The molecule has 0 spiro atoms. The zero-order valence-electron chi connectivity index (χ0n) is 3.41. The summed E-state index contributed by atoms with van der Waals surface area (Å²) in [5.74, 6) is 0. The van der Waals surface area contributed by atoms with Crippen LogP contribution in [-0.4, -0.2) is 18.5 Å². The van der Waals surface area contributed by atoms with E-state index in [2.05, 4.69) is 22.0 Å². The van der Waals surface area contributed by atoms with Crippen LogP contribution in [0.5, 0.6) is 0 Å². The maximum absolute atomic E-state index is 11.3. The van der Waals surface area contributed by atoms with Crippen molar-refractivity contribution < 1.29 is 4.39 Å². The van der Waals surface area contributed by atoms with Gasteiger partial charge in [0, 0.05) is 6.37 Å². The van der Waals surface area contributed by atoms with Gasteiger partial charge in [-0.25, -0.2) is 4.39 Å². The molecule has 0 heterocycles. The normalized spacial score (nSPS) is 12.0. The lowest BCUT2D eigenvalue weighted by Gasteiger charge is -2.02. The molecule has 0 aromatic rings. The third-order valence-electron chi connectivity index (χ3n) is 0.324. The predicted octanol–water partition coefficient (Wildman–Crippen LogP) is 1.79. The first-order chi connectivity index (χ1) is 2.81. The second kappa shape index (κ2) is 4.22. The van der Waals surface area contributed by atoms with E-state index in [1.165, 1.54) is 0 Å². The number of halogens is 2. The summed E-state index contributed by atoms with van der Waals surface area (Å²) in [4.78, 5) is 0. The standard InChI is InChI=1S/C2H6FINP/c1-5(2-3)6-4/h6H,2H2,1H3. The molecule has 0 aromatic heterocycles.